The smallest absolute Gasteiger partial charge is 0.256 e. The number of nitriles is 1. The molecule has 0 unspecified atom stereocenters. The summed E-state index contributed by atoms with van der Waals surface area (Å²) in [6.07, 6.45) is 0. The van der Waals surface area contributed by atoms with Gasteiger partial charge >= 0.3 is 0 Å². The van der Waals surface area contributed by atoms with Crippen LogP contribution in [0, 0.1) is 11.3 Å². The molecule has 2 N–H and O–H groups in total. The number of hydrogen-bond acceptors (Lipinski definition) is 4. The van der Waals surface area contributed by atoms with E-state index in [0.29, 0.717) is 27.9 Å². The highest BCUT2D eigenvalue weighted by Gasteiger charge is 2.24. The zero-order valence-electron chi connectivity index (χ0n) is 20.8. The maximum atomic E-state index is 13.2. The van der Waals surface area contributed by atoms with Gasteiger partial charge in [-0.25, -0.2) is 13.1 Å². The predicted molar refractivity (Wildman–Crippen MR) is 146 cm³/mol. The predicted octanol–water partition coefficient (Wildman–Crippen LogP) is 6.22. The Morgan fingerprint density at radius 3 is 2.11 bits per heavy atom. The third-order valence-electron chi connectivity index (χ3n) is 5.55. The van der Waals surface area contributed by atoms with Gasteiger partial charge in [-0.2, -0.15) is 5.26 Å². The fourth-order valence-corrected chi connectivity index (χ4v) is 5.67. The molecule has 4 aromatic carbocycles. The number of carbonyl (C=O) groups excluding carboxylic acids is 1. The SMILES string of the molecule is CC(C)(C)NS(=O)(=O)c1ccccc1-c1ccc(NC(=O)c2ccccc2-c2cccc(C#N)c2)cc1. The second kappa shape index (κ2) is 10.4. The van der Waals surface area contributed by atoms with Gasteiger partial charge in [-0.1, -0.05) is 60.7 Å². The van der Waals surface area contributed by atoms with E-state index >= 15 is 0 Å². The molecule has 0 radical (unpaired) electrons. The van der Waals surface area contributed by atoms with Gasteiger partial charge in [-0.3, -0.25) is 4.79 Å². The molecule has 4 aromatic rings. The minimum atomic E-state index is -3.74. The lowest BCUT2D eigenvalue weighted by Crippen LogP contribution is -2.40. The number of anilines is 1. The Bertz CT molecular complexity index is 1600. The van der Waals surface area contributed by atoms with Gasteiger partial charge in [0, 0.05) is 22.4 Å². The van der Waals surface area contributed by atoms with Crippen LogP contribution in [0.2, 0.25) is 0 Å². The molecular weight excluding hydrogens is 482 g/mol. The molecule has 6 nitrogen and oxygen atoms in total. The topological polar surface area (TPSA) is 99.1 Å². The monoisotopic (exact) mass is 509 g/mol. The molecule has 186 valence electrons. The van der Waals surface area contributed by atoms with Crippen LogP contribution in [0.5, 0.6) is 0 Å². The Balaban J connectivity index is 1.60. The van der Waals surface area contributed by atoms with Crippen molar-refractivity contribution >= 4 is 21.6 Å². The highest BCUT2D eigenvalue weighted by molar-refractivity contribution is 7.89. The standard InChI is InChI=1S/C30H27N3O3S/c1-30(2,3)33-37(35,36)28-14-7-6-12-26(28)22-15-17-24(18-16-22)32-29(34)27-13-5-4-11-25(27)23-10-8-9-21(19-23)20-31/h4-19,33H,1-3H3,(H,32,34). The number of nitrogens with zero attached hydrogens (tertiary/aromatic N) is 1. The van der Waals surface area contributed by atoms with Gasteiger partial charge in [0.25, 0.3) is 5.91 Å². The van der Waals surface area contributed by atoms with E-state index in [4.69, 9.17) is 0 Å². The minimum Gasteiger partial charge on any atom is -0.322 e. The van der Waals surface area contributed by atoms with Crippen molar-refractivity contribution in [2.75, 3.05) is 5.32 Å². The van der Waals surface area contributed by atoms with Crippen LogP contribution in [0.3, 0.4) is 0 Å². The van der Waals surface area contributed by atoms with Crippen molar-refractivity contribution in [3.8, 4) is 28.3 Å². The summed E-state index contributed by atoms with van der Waals surface area (Å²) in [5.41, 5.74) is 3.73. The first-order valence-corrected chi connectivity index (χ1v) is 13.2. The molecule has 4 rings (SSSR count). The van der Waals surface area contributed by atoms with Crippen molar-refractivity contribution in [2.45, 2.75) is 31.2 Å². The zero-order valence-corrected chi connectivity index (χ0v) is 21.6. The lowest BCUT2D eigenvalue weighted by Gasteiger charge is -2.21. The molecule has 0 bridgehead atoms. The summed E-state index contributed by atoms with van der Waals surface area (Å²) in [6.45, 7) is 5.38. The summed E-state index contributed by atoms with van der Waals surface area (Å²) in [5.74, 6) is -0.289. The molecule has 37 heavy (non-hydrogen) atoms. The van der Waals surface area contributed by atoms with Crippen molar-refractivity contribution in [3.63, 3.8) is 0 Å². The van der Waals surface area contributed by atoms with E-state index in [-0.39, 0.29) is 10.8 Å². The van der Waals surface area contributed by atoms with Gasteiger partial charge in [0.15, 0.2) is 0 Å². The van der Waals surface area contributed by atoms with Crippen molar-refractivity contribution in [1.29, 1.82) is 5.26 Å². The molecule has 0 heterocycles. The molecule has 0 saturated carbocycles. The molecule has 0 aromatic heterocycles. The fraction of sp³-hybridized carbons (Fsp3) is 0.133. The van der Waals surface area contributed by atoms with Crippen LogP contribution in [0.1, 0.15) is 36.7 Å². The van der Waals surface area contributed by atoms with Gasteiger partial charge in [0.1, 0.15) is 0 Å². The number of sulfonamides is 1. The van der Waals surface area contributed by atoms with Crippen LogP contribution in [0.4, 0.5) is 5.69 Å². The van der Waals surface area contributed by atoms with Crippen LogP contribution < -0.4 is 10.0 Å². The summed E-state index contributed by atoms with van der Waals surface area (Å²) >= 11 is 0. The maximum absolute atomic E-state index is 13.2. The van der Waals surface area contributed by atoms with Gasteiger partial charge < -0.3 is 5.32 Å². The van der Waals surface area contributed by atoms with Crippen LogP contribution in [-0.2, 0) is 10.0 Å². The molecule has 0 atom stereocenters. The zero-order chi connectivity index (χ0) is 26.6. The van der Waals surface area contributed by atoms with Gasteiger partial charge in [-0.05, 0) is 73.9 Å². The molecular formula is C30H27N3O3S. The number of rotatable bonds is 6. The minimum absolute atomic E-state index is 0.190. The van der Waals surface area contributed by atoms with E-state index in [0.717, 1.165) is 11.1 Å². The van der Waals surface area contributed by atoms with Crippen LogP contribution in [0.25, 0.3) is 22.3 Å². The average Bonchev–Trinajstić information content (AvgIpc) is 2.88. The summed E-state index contributed by atoms with van der Waals surface area (Å²) in [4.78, 5) is 13.4. The molecule has 0 aliphatic heterocycles. The van der Waals surface area contributed by atoms with Gasteiger partial charge in [0.05, 0.1) is 16.5 Å². The molecule has 0 aliphatic carbocycles. The number of carbonyl (C=O) groups is 1. The lowest BCUT2D eigenvalue weighted by molar-refractivity contribution is 0.102. The first-order chi connectivity index (χ1) is 17.6. The Morgan fingerprint density at radius 1 is 0.784 bits per heavy atom. The Labute approximate surface area is 217 Å². The van der Waals surface area contributed by atoms with Crippen molar-refractivity contribution < 1.29 is 13.2 Å². The van der Waals surface area contributed by atoms with Crippen LogP contribution in [0.15, 0.2) is 102 Å². The number of nitrogens with one attached hydrogen (secondary N) is 2. The van der Waals surface area contributed by atoms with E-state index in [9.17, 15) is 18.5 Å². The van der Waals surface area contributed by atoms with E-state index in [1.54, 1.807) is 99.6 Å². The Hall–Kier alpha value is -4.25. The second-order valence-corrected chi connectivity index (χ2v) is 11.3. The van der Waals surface area contributed by atoms with Crippen molar-refractivity contribution in [2.24, 2.45) is 0 Å². The Kier molecular flexibility index (Phi) is 7.25. The third-order valence-corrected chi connectivity index (χ3v) is 7.36. The molecule has 0 fully saturated rings. The van der Waals surface area contributed by atoms with E-state index in [2.05, 4.69) is 16.1 Å². The molecule has 7 heteroatoms. The summed E-state index contributed by atoms with van der Waals surface area (Å²) in [7, 11) is -3.74. The van der Waals surface area contributed by atoms with Crippen molar-refractivity contribution in [3.05, 3.63) is 108 Å². The van der Waals surface area contributed by atoms with E-state index in [1.165, 1.54) is 0 Å². The van der Waals surface area contributed by atoms with E-state index in [1.807, 2.05) is 18.2 Å². The molecule has 0 spiro atoms. The van der Waals surface area contributed by atoms with Crippen LogP contribution in [-0.4, -0.2) is 19.9 Å². The largest absolute Gasteiger partial charge is 0.322 e. The first-order valence-electron chi connectivity index (χ1n) is 11.7. The van der Waals surface area contributed by atoms with Gasteiger partial charge in [0.2, 0.25) is 10.0 Å². The quantitative estimate of drug-likeness (QED) is 0.322. The molecule has 0 saturated heterocycles. The molecule has 1 amide bonds. The number of benzene rings is 4. The second-order valence-electron chi connectivity index (χ2n) is 9.62. The number of amides is 1. The molecule has 0 aliphatic rings. The maximum Gasteiger partial charge on any atom is 0.256 e. The highest BCUT2D eigenvalue weighted by Crippen LogP contribution is 2.30. The normalized spacial score (nSPS) is 11.5. The Morgan fingerprint density at radius 2 is 1.43 bits per heavy atom. The lowest BCUT2D eigenvalue weighted by atomic mass is 9.97. The van der Waals surface area contributed by atoms with Crippen molar-refractivity contribution in [1.82, 2.24) is 4.72 Å². The van der Waals surface area contributed by atoms with Crippen LogP contribution >= 0.6 is 0 Å². The highest BCUT2D eigenvalue weighted by atomic mass is 32.2. The van der Waals surface area contributed by atoms with Gasteiger partial charge in [-0.15, -0.1) is 0 Å². The summed E-state index contributed by atoms with van der Waals surface area (Å²) < 4.78 is 28.7. The fourth-order valence-electron chi connectivity index (χ4n) is 4.02. The van der Waals surface area contributed by atoms with E-state index < -0.39 is 15.6 Å². The third kappa shape index (κ3) is 6.12. The summed E-state index contributed by atoms with van der Waals surface area (Å²) in [6, 6.07) is 30.3. The number of hydrogen-bond donors (Lipinski definition) is 2. The first kappa shape index (κ1) is 25.8. The summed E-state index contributed by atoms with van der Waals surface area (Å²) in [5, 5.41) is 12.1. The average molecular weight is 510 g/mol.